The van der Waals surface area contributed by atoms with E-state index in [1.54, 1.807) is 24.4 Å². The Balaban J connectivity index is 2.08. The van der Waals surface area contributed by atoms with E-state index in [2.05, 4.69) is 47.4 Å². The number of hydrazone groups is 1. The fourth-order valence-electron chi connectivity index (χ4n) is 1.37. The zero-order valence-electron chi connectivity index (χ0n) is 10.0. The average molecular weight is 399 g/mol. The summed E-state index contributed by atoms with van der Waals surface area (Å²) in [5.41, 5.74) is 3.44. The molecule has 0 spiro atoms. The van der Waals surface area contributed by atoms with Gasteiger partial charge in [-0.15, -0.1) is 0 Å². The minimum Gasteiger partial charge on any atom is -0.507 e. The molecule has 1 amide bonds. The zero-order valence-corrected chi connectivity index (χ0v) is 13.2. The molecule has 1 heterocycles. The summed E-state index contributed by atoms with van der Waals surface area (Å²) in [7, 11) is 0. The SMILES string of the molecule is O=C(NN=Cc1cc(O)c(Br)cc1Br)c1cccnc1. The highest BCUT2D eigenvalue weighted by atomic mass is 79.9. The van der Waals surface area contributed by atoms with Crippen LogP contribution in [0.2, 0.25) is 0 Å². The molecule has 1 aromatic heterocycles. The highest BCUT2D eigenvalue weighted by Crippen LogP contribution is 2.29. The Morgan fingerprint density at radius 2 is 2.15 bits per heavy atom. The van der Waals surface area contributed by atoms with Crippen molar-refractivity contribution in [1.82, 2.24) is 10.4 Å². The third-order valence-electron chi connectivity index (χ3n) is 2.36. The number of rotatable bonds is 3. The Labute approximate surface area is 132 Å². The van der Waals surface area contributed by atoms with Crippen molar-refractivity contribution in [3.8, 4) is 5.75 Å². The van der Waals surface area contributed by atoms with Crippen molar-refractivity contribution in [3.05, 3.63) is 56.7 Å². The first kappa shape index (κ1) is 14.7. The first-order valence-electron chi connectivity index (χ1n) is 5.49. The molecule has 2 rings (SSSR count). The minimum atomic E-state index is -0.355. The van der Waals surface area contributed by atoms with Crippen LogP contribution in [0.15, 0.2) is 50.7 Å². The molecule has 2 aromatic rings. The van der Waals surface area contributed by atoms with Crippen LogP contribution >= 0.6 is 31.9 Å². The molecule has 0 bridgehead atoms. The van der Waals surface area contributed by atoms with Crippen molar-refractivity contribution >= 4 is 44.0 Å². The predicted molar refractivity (Wildman–Crippen MR) is 82.8 cm³/mol. The number of carbonyl (C=O) groups is 1. The van der Waals surface area contributed by atoms with Gasteiger partial charge in [0.2, 0.25) is 0 Å². The Morgan fingerprint density at radius 3 is 2.85 bits per heavy atom. The summed E-state index contributed by atoms with van der Waals surface area (Å²) in [4.78, 5) is 15.6. The van der Waals surface area contributed by atoms with E-state index < -0.39 is 0 Å². The van der Waals surface area contributed by atoms with Gasteiger partial charge in [-0.1, -0.05) is 15.9 Å². The van der Waals surface area contributed by atoms with Crippen LogP contribution in [0, 0.1) is 0 Å². The van der Waals surface area contributed by atoms with Gasteiger partial charge >= 0.3 is 0 Å². The summed E-state index contributed by atoms with van der Waals surface area (Å²) in [5.74, 6) is -0.264. The number of nitrogens with one attached hydrogen (secondary N) is 1. The maximum absolute atomic E-state index is 11.7. The van der Waals surface area contributed by atoms with Crippen molar-refractivity contribution in [2.45, 2.75) is 0 Å². The molecule has 0 saturated heterocycles. The fourth-order valence-corrected chi connectivity index (χ4v) is 2.47. The van der Waals surface area contributed by atoms with Gasteiger partial charge in [0.15, 0.2) is 0 Å². The Kier molecular flexibility index (Phi) is 4.86. The summed E-state index contributed by atoms with van der Waals surface area (Å²) < 4.78 is 1.31. The predicted octanol–water partition coefficient (Wildman–Crippen LogP) is 3.08. The van der Waals surface area contributed by atoms with E-state index >= 15 is 0 Å². The summed E-state index contributed by atoms with van der Waals surface area (Å²) in [6.45, 7) is 0. The largest absolute Gasteiger partial charge is 0.507 e. The molecule has 1 aromatic carbocycles. The number of nitrogens with zero attached hydrogens (tertiary/aromatic N) is 2. The lowest BCUT2D eigenvalue weighted by molar-refractivity contribution is 0.0955. The monoisotopic (exact) mass is 397 g/mol. The first-order valence-corrected chi connectivity index (χ1v) is 7.08. The lowest BCUT2D eigenvalue weighted by Gasteiger charge is -2.02. The minimum absolute atomic E-state index is 0.0910. The molecule has 0 fully saturated rings. The highest BCUT2D eigenvalue weighted by Gasteiger charge is 2.05. The molecule has 102 valence electrons. The molecule has 0 atom stereocenters. The lowest BCUT2D eigenvalue weighted by atomic mass is 10.2. The number of pyridine rings is 1. The van der Waals surface area contributed by atoms with Gasteiger partial charge in [0.1, 0.15) is 5.75 Å². The standard InChI is InChI=1S/C13H9Br2N3O2/c14-10-5-11(15)12(19)4-9(10)7-17-18-13(20)8-2-1-3-16-6-8/h1-7,19H,(H,18,20). The molecule has 0 aliphatic heterocycles. The van der Waals surface area contributed by atoms with Gasteiger partial charge in [-0.05, 0) is 40.2 Å². The maximum atomic E-state index is 11.7. The topological polar surface area (TPSA) is 74.6 Å². The van der Waals surface area contributed by atoms with Crippen LogP contribution in [0.4, 0.5) is 0 Å². The van der Waals surface area contributed by atoms with Gasteiger partial charge in [0.25, 0.3) is 5.91 Å². The maximum Gasteiger partial charge on any atom is 0.272 e. The average Bonchev–Trinajstić information content (AvgIpc) is 2.45. The van der Waals surface area contributed by atoms with Gasteiger partial charge in [0, 0.05) is 22.4 Å². The van der Waals surface area contributed by atoms with Crippen LogP contribution in [0.1, 0.15) is 15.9 Å². The van der Waals surface area contributed by atoms with Crippen LogP contribution in [0.3, 0.4) is 0 Å². The molecular weight excluding hydrogens is 390 g/mol. The smallest absolute Gasteiger partial charge is 0.272 e. The van der Waals surface area contributed by atoms with E-state index in [1.807, 2.05) is 0 Å². The fraction of sp³-hybridized carbons (Fsp3) is 0. The third-order valence-corrected chi connectivity index (χ3v) is 3.68. The quantitative estimate of drug-likeness (QED) is 0.616. The number of phenols is 1. The number of phenolic OH excluding ortho intramolecular Hbond substituents is 1. The summed E-state index contributed by atoms with van der Waals surface area (Å²) >= 11 is 6.54. The molecule has 2 N–H and O–H groups in total. The van der Waals surface area contributed by atoms with Crippen molar-refractivity contribution in [1.29, 1.82) is 0 Å². The number of aromatic nitrogens is 1. The normalized spacial score (nSPS) is 10.7. The van der Waals surface area contributed by atoms with Crippen molar-refractivity contribution in [3.63, 3.8) is 0 Å². The van der Waals surface area contributed by atoms with Gasteiger partial charge in [-0.2, -0.15) is 5.10 Å². The number of benzene rings is 1. The number of aromatic hydroxyl groups is 1. The number of carbonyl (C=O) groups excluding carboxylic acids is 1. The molecule has 0 aliphatic carbocycles. The third kappa shape index (κ3) is 3.64. The number of amides is 1. The molecule has 0 saturated carbocycles. The molecule has 20 heavy (non-hydrogen) atoms. The van der Waals surface area contributed by atoms with Crippen LogP contribution in [-0.4, -0.2) is 22.2 Å². The van der Waals surface area contributed by atoms with Crippen molar-refractivity contribution in [2.24, 2.45) is 5.10 Å². The molecule has 0 unspecified atom stereocenters. The molecule has 0 aliphatic rings. The highest BCUT2D eigenvalue weighted by molar-refractivity contribution is 9.11. The zero-order chi connectivity index (χ0) is 14.5. The van der Waals surface area contributed by atoms with E-state index in [-0.39, 0.29) is 11.7 Å². The van der Waals surface area contributed by atoms with Crippen LogP contribution in [0.25, 0.3) is 0 Å². The number of hydrogen-bond acceptors (Lipinski definition) is 4. The van der Waals surface area contributed by atoms with Crippen LogP contribution < -0.4 is 5.43 Å². The van der Waals surface area contributed by atoms with Gasteiger partial charge in [0.05, 0.1) is 16.3 Å². The van der Waals surface area contributed by atoms with E-state index in [4.69, 9.17) is 0 Å². The van der Waals surface area contributed by atoms with Gasteiger partial charge in [-0.3, -0.25) is 9.78 Å². The number of halogens is 2. The van der Waals surface area contributed by atoms with Crippen molar-refractivity contribution in [2.75, 3.05) is 0 Å². The second-order valence-corrected chi connectivity index (χ2v) is 5.47. The Bertz CT molecular complexity index is 660. The van der Waals surface area contributed by atoms with Crippen LogP contribution in [-0.2, 0) is 0 Å². The Morgan fingerprint density at radius 1 is 1.35 bits per heavy atom. The van der Waals surface area contributed by atoms with E-state index in [9.17, 15) is 9.90 Å². The number of hydrogen-bond donors (Lipinski definition) is 2. The van der Waals surface area contributed by atoms with E-state index in [1.165, 1.54) is 18.5 Å². The summed E-state index contributed by atoms with van der Waals surface area (Å²) in [6, 6.07) is 6.52. The lowest BCUT2D eigenvalue weighted by Crippen LogP contribution is -2.17. The Hall–Kier alpha value is -1.73. The summed E-state index contributed by atoms with van der Waals surface area (Å²) in [5, 5.41) is 13.4. The second kappa shape index (κ2) is 6.62. The molecule has 5 nitrogen and oxygen atoms in total. The molecule has 7 heteroatoms. The van der Waals surface area contributed by atoms with E-state index in [0.29, 0.717) is 15.6 Å². The van der Waals surface area contributed by atoms with Crippen molar-refractivity contribution < 1.29 is 9.90 Å². The molecular formula is C13H9Br2N3O2. The summed E-state index contributed by atoms with van der Waals surface area (Å²) in [6.07, 6.45) is 4.47. The second-order valence-electron chi connectivity index (χ2n) is 3.77. The van der Waals surface area contributed by atoms with Crippen LogP contribution in [0.5, 0.6) is 5.75 Å². The molecule has 0 radical (unpaired) electrons. The van der Waals surface area contributed by atoms with Gasteiger partial charge < -0.3 is 5.11 Å². The van der Waals surface area contributed by atoms with E-state index in [0.717, 1.165) is 4.47 Å². The first-order chi connectivity index (χ1) is 9.58. The van der Waals surface area contributed by atoms with Gasteiger partial charge in [-0.25, -0.2) is 5.43 Å².